The van der Waals surface area contributed by atoms with Crippen LogP contribution in [0.5, 0.6) is 0 Å². The van der Waals surface area contributed by atoms with E-state index in [0.717, 1.165) is 5.39 Å². The third-order valence-electron chi connectivity index (χ3n) is 6.47. The van der Waals surface area contributed by atoms with E-state index in [9.17, 15) is 23.1 Å². The molecule has 4 rings (SSSR count). The molecule has 2 aromatic heterocycles. The summed E-state index contributed by atoms with van der Waals surface area (Å²) in [6.45, 7) is 6.38. The fraction of sp³-hybridized carbons (Fsp3) is 0.464. The Labute approximate surface area is 234 Å². The lowest BCUT2D eigenvalue weighted by molar-refractivity contribution is -0.125. The lowest BCUT2D eigenvalue weighted by atomic mass is 9.87. The zero-order valence-electron chi connectivity index (χ0n) is 23.2. The number of sulfonamides is 1. The average Bonchev–Trinajstić information content (AvgIpc) is 3.27. The summed E-state index contributed by atoms with van der Waals surface area (Å²) in [6, 6.07) is 12.5. The summed E-state index contributed by atoms with van der Waals surface area (Å²) in [5.74, 6) is -1.23. The van der Waals surface area contributed by atoms with Gasteiger partial charge < -0.3 is 25.3 Å². The first-order chi connectivity index (χ1) is 18.8. The smallest absolute Gasteiger partial charge is 0.371 e. The van der Waals surface area contributed by atoms with Crippen LogP contribution in [0.1, 0.15) is 50.6 Å². The zero-order valence-corrected chi connectivity index (χ0v) is 24.0. The van der Waals surface area contributed by atoms with Crippen molar-refractivity contribution in [2.45, 2.75) is 63.2 Å². The number of aromatic carboxylic acids is 1. The number of aliphatic hydroxyl groups is 1. The van der Waals surface area contributed by atoms with Crippen LogP contribution in [0.4, 0.5) is 0 Å². The highest BCUT2D eigenvalue weighted by Crippen LogP contribution is 2.23. The van der Waals surface area contributed by atoms with E-state index < -0.39 is 28.1 Å². The minimum atomic E-state index is -3.78. The van der Waals surface area contributed by atoms with Gasteiger partial charge in [0, 0.05) is 24.7 Å². The number of aromatic nitrogens is 1. The fourth-order valence-corrected chi connectivity index (χ4v) is 5.86. The lowest BCUT2D eigenvalue weighted by Gasteiger charge is -2.29. The van der Waals surface area contributed by atoms with Crippen LogP contribution in [0, 0.1) is 5.41 Å². The molecule has 0 saturated carbocycles. The predicted octanol–water partition coefficient (Wildman–Crippen LogP) is 2.87. The Morgan fingerprint density at radius 1 is 1.18 bits per heavy atom. The third kappa shape index (κ3) is 8.34. The van der Waals surface area contributed by atoms with Crippen molar-refractivity contribution in [3.63, 3.8) is 0 Å². The van der Waals surface area contributed by atoms with Gasteiger partial charge in [-0.15, -0.1) is 0 Å². The van der Waals surface area contributed by atoms with E-state index in [1.807, 2.05) is 12.1 Å². The second-order valence-electron chi connectivity index (χ2n) is 10.9. The SMILES string of the molecule is CN[C@@H](CC(C)(C)C)C(=O)NC1CCCN(S(=O)(=O)c2ccccn2)CC1O.O=C(O)c1cc2ccccc2o1. The molecule has 3 atom stereocenters. The molecule has 11 nitrogen and oxygen atoms in total. The highest BCUT2D eigenvalue weighted by Gasteiger charge is 2.35. The molecular formula is C28H38N4O7S. The van der Waals surface area contributed by atoms with E-state index in [1.54, 1.807) is 31.3 Å². The molecule has 40 heavy (non-hydrogen) atoms. The number of nitrogens with one attached hydrogen (secondary N) is 2. The molecule has 1 aliphatic rings. The summed E-state index contributed by atoms with van der Waals surface area (Å²) in [5, 5.41) is 25.9. The number of hydrogen-bond acceptors (Lipinski definition) is 8. The van der Waals surface area contributed by atoms with Gasteiger partial charge in [0.2, 0.25) is 11.7 Å². The zero-order chi connectivity index (χ0) is 29.5. The molecule has 4 N–H and O–H groups in total. The standard InChI is InChI=1S/C19H32N4O4S.C9H6O3/c1-19(2,3)12-15(20-4)18(25)22-14-8-7-11-23(13-16(14)24)28(26,27)17-9-5-6-10-21-17;10-9(11)8-5-6-3-1-2-4-7(6)12-8/h5-6,9-10,14-16,20,24H,7-8,11-13H2,1-4H3,(H,22,25);1-5H,(H,10,11)/t14?,15-,16?;/m0./s1. The molecule has 0 spiro atoms. The lowest BCUT2D eigenvalue weighted by Crippen LogP contribution is -2.52. The van der Waals surface area contributed by atoms with Crippen molar-refractivity contribution in [1.29, 1.82) is 0 Å². The summed E-state index contributed by atoms with van der Waals surface area (Å²) in [6.07, 6.45) is 2.14. The Bertz CT molecular complexity index is 1350. The molecule has 1 fully saturated rings. The van der Waals surface area contributed by atoms with E-state index in [-0.39, 0.29) is 41.2 Å². The number of para-hydroxylation sites is 1. The summed E-state index contributed by atoms with van der Waals surface area (Å²) >= 11 is 0. The van der Waals surface area contributed by atoms with Gasteiger partial charge in [-0.25, -0.2) is 18.2 Å². The fourth-order valence-electron chi connectivity index (χ4n) is 4.43. The Morgan fingerprint density at radius 2 is 1.88 bits per heavy atom. The van der Waals surface area contributed by atoms with Gasteiger partial charge in [0.05, 0.1) is 18.2 Å². The molecule has 0 bridgehead atoms. The summed E-state index contributed by atoms with van der Waals surface area (Å²) < 4.78 is 31.8. The van der Waals surface area contributed by atoms with Crippen molar-refractivity contribution >= 4 is 32.9 Å². The van der Waals surface area contributed by atoms with Crippen LogP contribution < -0.4 is 10.6 Å². The van der Waals surface area contributed by atoms with Crippen molar-refractivity contribution in [3.8, 4) is 0 Å². The minimum Gasteiger partial charge on any atom is -0.475 e. The van der Waals surface area contributed by atoms with Crippen LogP contribution in [0.2, 0.25) is 0 Å². The topological polar surface area (TPSA) is 162 Å². The normalized spacial score (nSPS) is 19.2. The van der Waals surface area contributed by atoms with Gasteiger partial charge in [-0.3, -0.25) is 4.79 Å². The first-order valence-corrected chi connectivity index (χ1v) is 14.5. The van der Waals surface area contributed by atoms with Crippen LogP contribution in [0.3, 0.4) is 0 Å². The summed E-state index contributed by atoms with van der Waals surface area (Å²) in [4.78, 5) is 27.1. The van der Waals surface area contributed by atoms with E-state index in [2.05, 4.69) is 36.4 Å². The molecule has 0 radical (unpaired) electrons. The predicted molar refractivity (Wildman–Crippen MR) is 150 cm³/mol. The molecule has 1 amide bonds. The number of carbonyl (C=O) groups is 2. The number of carboxylic acids is 1. The van der Waals surface area contributed by atoms with Gasteiger partial charge in [0.25, 0.3) is 10.0 Å². The van der Waals surface area contributed by atoms with E-state index in [0.29, 0.717) is 24.8 Å². The number of carboxylic acid groups (broad SMARTS) is 1. The third-order valence-corrected chi connectivity index (χ3v) is 8.25. The molecule has 1 saturated heterocycles. The maximum Gasteiger partial charge on any atom is 0.371 e. The molecule has 2 unspecified atom stereocenters. The number of pyridine rings is 1. The van der Waals surface area contributed by atoms with Crippen molar-refractivity contribution in [3.05, 3.63) is 60.5 Å². The second kappa shape index (κ2) is 13.4. The van der Waals surface area contributed by atoms with Crippen LogP contribution in [0.15, 0.2) is 64.2 Å². The molecule has 3 aromatic rings. The van der Waals surface area contributed by atoms with Crippen molar-refractivity contribution in [1.82, 2.24) is 19.9 Å². The van der Waals surface area contributed by atoms with Crippen LogP contribution in [0.25, 0.3) is 11.0 Å². The first-order valence-electron chi connectivity index (χ1n) is 13.1. The van der Waals surface area contributed by atoms with Crippen molar-refractivity contribution in [2.75, 3.05) is 20.1 Å². The summed E-state index contributed by atoms with van der Waals surface area (Å²) in [7, 11) is -2.04. The molecule has 1 aromatic carbocycles. The number of furan rings is 1. The maximum atomic E-state index is 12.8. The van der Waals surface area contributed by atoms with Gasteiger partial charge in [-0.1, -0.05) is 45.0 Å². The number of rotatable bonds is 7. The summed E-state index contributed by atoms with van der Waals surface area (Å²) in [5.41, 5.74) is 0.579. The van der Waals surface area contributed by atoms with Crippen LogP contribution in [-0.2, 0) is 14.8 Å². The monoisotopic (exact) mass is 574 g/mol. The van der Waals surface area contributed by atoms with Crippen LogP contribution in [-0.4, -0.2) is 78.1 Å². The molecule has 3 heterocycles. The molecule has 1 aliphatic heterocycles. The number of likely N-dealkylation sites (N-methyl/N-ethyl adjacent to an activating group) is 1. The van der Waals surface area contributed by atoms with Crippen LogP contribution >= 0.6 is 0 Å². The molecule has 12 heteroatoms. The largest absolute Gasteiger partial charge is 0.475 e. The number of fused-ring (bicyclic) bond motifs is 1. The van der Waals surface area contributed by atoms with E-state index in [1.165, 1.54) is 22.6 Å². The first kappa shape index (κ1) is 31.2. The Hall–Kier alpha value is -3.32. The van der Waals surface area contributed by atoms with E-state index >= 15 is 0 Å². The number of amides is 1. The Morgan fingerprint density at radius 3 is 2.48 bits per heavy atom. The second-order valence-corrected chi connectivity index (χ2v) is 12.8. The minimum absolute atomic E-state index is 0.0174. The van der Waals surface area contributed by atoms with Gasteiger partial charge >= 0.3 is 5.97 Å². The van der Waals surface area contributed by atoms with Crippen molar-refractivity contribution < 1.29 is 32.6 Å². The Balaban J connectivity index is 0.000000302. The molecule has 218 valence electrons. The van der Waals surface area contributed by atoms with Gasteiger partial charge in [-0.2, -0.15) is 4.31 Å². The number of aliphatic hydroxyl groups excluding tert-OH is 1. The number of hydrogen-bond donors (Lipinski definition) is 4. The van der Waals surface area contributed by atoms with E-state index in [4.69, 9.17) is 9.52 Å². The number of nitrogens with zero attached hydrogens (tertiary/aromatic N) is 2. The quantitative estimate of drug-likeness (QED) is 0.332. The highest BCUT2D eigenvalue weighted by molar-refractivity contribution is 7.89. The van der Waals surface area contributed by atoms with Gasteiger partial charge in [0.15, 0.2) is 5.03 Å². The number of carbonyl (C=O) groups excluding carboxylic acids is 1. The highest BCUT2D eigenvalue weighted by atomic mass is 32.2. The van der Waals surface area contributed by atoms with Gasteiger partial charge in [0.1, 0.15) is 5.58 Å². The van der Waals surface area contributed by atoms with Gasteiger partial charge in [-0.05, 0) is 56.0 Å². The Kier molecular flexibility index (Phi) is 10.4. The van der Waals surface area contributed by atoms with Crippen molar-refractivity contribution in [2.24, 2.45) is 5.41 Å². The maximum absolute atomic E-state index is 12.8. The molecule has 0 aliphatic carbocycles. The number of β-amino-alcohol motifs (C(OH)–C–C–N with tert-alkyl or cyclic N) is 1. The molecular weight excluding hydrogens is 536 g/mol. The number of benzene rings is 1. The average molecular weight is 575 g/mol.